The molecule has 0 radical (unpaired) electrons. The van der Waals surface area contributed by atoms with Crippen LogP contribution in [0, 0.1) is 55.4 Å². The van der Waals surface area contributed by atoms with Gasteiger partial charge in [0.2, 0.25) is 0 Å². The molecule has 2 rings (SSSR count). The van der Waals surface area contributed by atoms with Crippen molar-refractivity contribution in [1.82, 2.24) is 0 Å². The fourth-order valence-electron chi connectivity index (χ4n) is 3.77. The fraction of sp³-hybridized carbons (Fsp3) is 0.478. The van der Waals surface area contributed by atoms with Crippen molar-refractivity contribution >= 4 is 0 Å². The highest BCUT2D eigenvalue weighted by Gasteiger charge is 2.15. The summed E-state index contributed by atoms with van der Waals surface area (Å²) in [5.74, 6) is 0. The molecule has 23 heavy (non-hydrogen) atoms. The number of benzene rings is 2. The highest BCUT2D eigenvalue weighted by Crippen LogP contribution is 2.30. The van der Waals surface area contributed by atoms with E-state index in [1.165, 1.54) is 61.2 Å². The van der Waals surface area contributed by atoms with Crippen LogP contribution >= 0.6 is 0 Å². The third kappa shape index (κ3) is 2.96. The quantitative estimate of drug-likeness (QED) is 0.623. The SMILES string of the molecule is CCc1cc(Cc2c(C)c(C)c(C)c(C)c2C)c(C)c(C)c1C. The zero-order valence-electron chi connectivity index (χ0n) is 16.5. The number of hydrogen-bond donors (Lipinski definition) is 0. The molecule has 0 aliphatic rings. The van der Waals surface area contributed by atoms with Gasteiger partial charge < -0.3 is 0 Å². The average molecular weight is 309 g/mol. The molecular formula is C23H32. The van der Waals surface area contributed by atoms with Gasteiger partial charge in [-0.3, -0.25) is 0 Å². The van der Waals surface area contributed by atoms with Crippen LogP contribution in [0.25, 0.3) is 0 Å². The van der Waals surface area contributed by atoms with Crippen molar-refractivity contribution in [2.45, 2.75) is 75.2 Å². The van der Waals surface area contributed by atoms with E-state index in [2.05, 4.69) is 68.4 Å². The van der Waals surface area contributed by atoms with E-state index in [1.807, 2.05) is 0 Å². The lowest BCUT2D eigenvalue weighted by Gasteiger charge is -2.21. The lowest BCUT2D eigenvalue weighted by molar-refractivity contribution is 1.02. The molecule has 2 aromatic rings. The summed E-state index contributed by atoms with van der Waals surface area (Å²) < 4.78 is 0. The van der Waals surface area contributed by atoms with E-state index in [0.29, 0.717) is 0 Å². The lowest BCUT2D eigenvalue weighted by Crippen LogP contribution is -2.06. The molecule has 0 nitrogen and oxygen atoms in total. The highest BCUT2D eigenvalue weighted by atomic mass is 14.2. The molecule has 0 bridgehead atoms. The van der Waals surface area contributed by atoms with Crippen molar-refractivity contribution in [1.29, 1.82) is 0 Å². The topological polar surface area (TPSA) is 0 Å². The summed E-state index contributed by atoms with van der Waals surface area (Å²) in [7, 11) is 0. The third-order valence-corrected chi connectivity index (χ3v) is 6.34. The van der Waals surface area contributed by atoms with Crippen molar-refractivity contribution in [3.63, 3.8) is 0 Å². The summed E-state index contributed by atoms with van der Waals surface area (Å²) in [5.41, 5.74) is 16.2. The molecule has 0 spiro atoms. The van der Waals surface area contributed by atoms with Crippen LogP contribution in [0.15, 0.2) is 6.07 Å². The predicted molar refractivity (Wildman–Crippen MR) is 103 cm³/mol. The molecule has 0 saturated heterocycles. The Morgan fingerprint density at radius 3 is 1.39 bits per heavy atom. The largest absolute Gasteiger partial charge is 0.0613 e. The molecule has 2 aromatic carbocycles. The Morgan fingerprint density at radius 1 is 0.522 bits per heavy atom. The third-order valence-electron chi connectivity index (χ3n) is 6.34. The maximum Gasteiger partial charge on any atom is -0.00175 e. The van der Waals surface area contributed by atoms with Crippen molar-refractivity contribution < 1.29 is 0 Å². The summed E-state index contributed by atoms with van der Waals surface area (Å²) in [6, 6.07) is 2.45. The molecule has 0 unspecified atom stereocenters. The van der Waals surface area contributed by atoms with Gasteiger partial charge >= 0.3 is 0 Å². The van der Waals surface area contributed by atoms with Crippen molar-refractivity contribution in [3.05, 3.63) is 67.3 Å². The van der Waals surface area contributed by atoms with Crippen LogP contribution in [0.3, 0.4) is 0 Å². The van der Waals surface area contributed by atoms with Crippen LogP contribution in [0.5, 0.6) is 0 Å². The fourth-order valence-corrected chi connectivity index (χ4v) is 3.77. The summed E-state index contributed by atoms with van der Waals surface area (Å²) in [4.78, 5) is 0. The molecule has 0 N–H and O–H groups in total. The zero-order valence-corrected chi connectivity index (χ0v) is 16.5. The highest BCUT2D eigenvalue weighted by molar-refractivity contribution is 5.53. The molecule has 0 aliphatic carbocycles. The van der Waals surface area contributed by atoms with E-state index in [-0.39, 0.29) is 0 Å². The van der Waals surface area contributed by atoms with Crippen LogP contribution in [0.1, 0.15) is 68.1 Å². The molecule has 0 aliphatic heterocycles. The van der Waals surface area contributed by atoms with Crippen molar-refractivity contribution in [3.8, 4) is 0 Å². The molecular weight excluding hydrogens is 276 g/mol. The van der Waals surface area contributed by atoms with Crippen LogP contribution in [-0.2, 0) is 12.8 Å². The molecule has 0 aromatic heterocycles. The standard InChI is InChI=1S/C23H32/c1-10-21-11-22(18(7)16(5)17(21)6)12-23-19(8)14(3)13(2)15(4)20(23)9/h11H,10,12H2,1-9H3. The molecule has 0 amide bonds. The number of hydrogen-bond acceptors (Lipinski definition) is 0. The predicted octanol–water partition coefficient (Wildman–Crippen LogP) is 6.31. The maximum absolute atomic E-state index is 2.45. The van der Waals surface area contributed by atoms with Gasteiger partial charge in [-0.1, -0.05) is 13.0 Å². The smallest absolute Gasteiger partial charge is 0.00175 e. The van der Waals surface area contributed by atoms with Gasteiger partial charge in [-0.05, 0) is 129 Å². The summed E-state index contributed by atoms with van der Waals surface area (Å²) >= 11 is 0. The minimum atomic E-state index is 1.06. The summed E-state index contributed by atoms with van der Waals surface area (Å²) in [6.07, 6.45) is 2.17. The minimum absolute atomic E-state index is 1.06. The Balaban J connectivity index is 2.63. The molecule has 0 saturated carbocycles. The second-order valence-corrected chi connectivity index (χ2v) is 7.20. The first kappa shape index (κ1) is 17.8. The van der Waals surface area contributed by atoms with Gasteiger partial charge in [0.05, 0.1) is 0 Å². The van der Waals surface area contributed by atoms with Gasteiger partial charge in [0.25, 0.3) is 0 Å². The van der Waals surface area contributed by atoms with E-state index in [0.717, 1.165) is 12.8 Å². The van der Waals surface area contributed by atoms with Gasteiger partial charge in [0, 0.05) is 0 Å². The Bertz CT molecular complexity index is 732. The first-order valence-corrected chi connectivity index (χ1v) is 8.85. The van der Waals surface area contributed by atoms with E-state index >= 15 is 0 Å². The van der Waals surface area contributed by atoms with E-state index in [9.17, 15) is 0 Å². The Labute approximate surface area is 143 Å². The van der Waals surface area contributed by atoms with Gasteiger partial charge in [-0.2, -0.15) is 0 Å². The van der Waals surface area contributed by atoms with Gasteiger partial charge in [-0.15, -0.1) is 0 Å². The first-order valence-electron chi connectivity index (χ1n) is 8.85. The molecule has 0 heterocycles. The van der Waals surface area contributed by atoms with Gasteiger partial charge in [0.15, 0.2) is 0 Å². The summed E-state index contributed by atoms with van der Waals surface area (Å²) in [6.45, 7) is 20.5. The molecule has 124 valence electrons. The van der Waals surface area contributed by atoms with Crippen molar-refractivity contribution in [2.75, 3.05) is 0 Å². The van der Waals surface area contributed by atoms with E-state index in [1.54, 1.807) is 0 Å². The second kappa shape index (κ2) is 6.51. The normalized spacial score (nSPS) is 11.2. The average Bonchev–Trinajstić information content (AvgIpc) is 2.54. The van der Waals surface area contributed by atoms with E-state index < -0.39 is 0 Å². The monoisotopic (exact) mass is 308 g/mol. The Hall–Kier alpha value is -1.56. The maximum atomic E-state index is 2.45. The first-order chi connectivity index (χ1) is 10.7. The van der Waals surface area contributed by atoms with Crippen molar-refractivity contribution in [2.24, 2.45) is 0 Å². The van der Waals surface area contributed by atoms with Gasteiger partial charge in [-0.25, -0.2) is 0 Å². The Kier molecular flexibility index (Phi) is 5.04. The number of aryl methyl sites for hydroxylation is 1. The second-order valence-electron chi connectivity index (χ2n) is 7.20. The zero-order chi connectivity index (χ0) is 17.5. The van der Waals surface area contributed by atoms with Crippen LogP contribution in [-0.4, -0.2) is 0 Å². The van der Waals surface area contributed by atoms with Crippen LogP contribution in [0.2, 0.25) is 0 Å². The Morgan fingerprint density at radius 2 is 0.913 bits per heavy atom. The summed E-state index contributed by atoms with van der Waals surface area (Å²) in [5, 5.41) is 0. The number of rotatable bonds is 3. The molecule has 0 atom stereocenters. The van der Waals surface area contributed by atoms with Gasteiger partial charge in [0.1, 0.15) is 0 Å². The van der Waals surface area contributed by atoms with Crippen LogP contribution in [0.4, 0.5) is 0 Å². The molecule has 0 heteroatoms. The van der Waals surface area contributed by atoms with E-state index in [4.69, 9.17) is 0 Å². The van der Waals surface area contributed by atoms with Crippen LogP contribution < -0.4 is 0 Å². The molecule has 0 fully saturated rings. The minimum Gasteiger partial charge on any atom is -0.0613 e. The lowest BCUT2D eigenvalue weighted by atomic mass is 9.84.